The average Bonchev–Trinajstić information content (AvgIpc) is 2.72. The number of nitriles is 1. The third kappa shape index (κ3) is 6.33. The summed E-state index contributed by atoms with van der Waals surface area (Å²) in [6.45, 7) is 9.20. The van der Waals surface area contributed by atoms with Crippen molar-refractivity contribution in [1.29, 1.82) is 5.26 Å². The number of piperidine rings is 1. The number of benzene rings is 2. The quantitative estimate of drug-likeness (QED) is 0.763. The first-order valence-electron chi connectivity index (χ1n) is 10.6. The molecule has 3 rings (SSSR count). The molecule has 1 saturated heterocycles. The Balaban J connectivity index is 1.54. The minimum Gasteiger partial charge on any atom is -0.444 e. The molecule has 1 atom stereocenters. The van der Waals surface area contributed by atoms with Gasteiger partial charge in [0.2, 0.25) is 0 Å². The Morgan fingerprint density at radius 1 is 1.20 bits per heavy atom. The van der Waals surface area contributed by atoms with Crippen molar-refractivity contribution >= 4 is 6.09 Å². The maximum atomic E-state index is 11.9. The van der Waals surface area contributed by atoms with Gasteiger partial charge in [0.15, 0.2) is 0 Å². The van der Waals surface area contributed by atoms with Crippen molar-refractivity contribution in [3.8, 4) is 17.2 Å². The third-order valence-corrected chi connectivity index (χ3v) is 5.26. The molecular formula is C25H31N3O2. The topological polar surface area (TPSA) is 65.4 Å². The molecule has 0 spiro atoms. The maximum Gasteiger partial charge on any atom is 0.407 e. The summed E-state index contributed by atoms with van der Waals surface area (Å²) in [5.74, 6) is 0.438. The Morgan fingerprint density at radius 2 is 1.93 bits per heavy atom. The summed E-state index contributed by atoms with van der Waals surface area (Å²) in [6, 6.07) is 18.4. The highest BCUT2D eigenvalue weighted by molar-refractivity contribution is 5.70. The number of carbonyl (C=O) groups excluding carboxylic acids is 1. The maximum absolute atomic E-state index is 11.9. The lowest BCUT2D eigenvalue weighted by Gasteiger charge is -2.33. The smallest absolute Gasteiger partial charge is 0.407 e. The van der Waals surface area contributed by atoms with Crippen LogP contribution in [0.25, 0.3) is 11.1 Å². The fourth-order valence-corrected chi connectivity index (χ4v) is 3.88. The summed E-state index contributed by atoms with van der Waals surface area (Å²) in [6.07, 6.45) is 1.91. The van der Waals surface area contributed by atoms with Crippen LogP contribution < -0.4 is 5.32 Å². The molecule has 1 heterocycles. The fraction of sp³-hybridized carbons (Fsp3) is 0.440. The summed E-state index contributed by atoms with van der Waals surface area (Å²) in [5, 5.41) is 12.2. The Hall–Kier alpha value is -2.84. The molecule has 5 heteroatoms. The Morgan fingerprint density at radius 3 is 2.63 bits per heavy atom. The van der Waals surface area contributed by atoms with Gasteiger partial charge in [-0.3, -0.25) is 4.90 Å². The van der Waals surface area contributed by atoms with E-state index in [-0.39, 0.29) is 6.09 Å². The highest BCUT2D eigenvalue weighted by Gasteiger charge is 2.22. The second-order valence-electron chi connectivity index (χ2n) is 8.98. The second kappa shape index (κ2) is 9.77. The number of alkyl carbamates (subject to hydrolysis) is 1. The minimum absolute atomic E-state index is 0.340. The van der Waals surface area contributed by atoms with Crippen molar-refractivity contribution in [2.75, 3.05) is 19.6 Å². The molecule has 1 fully saturated rings. The van der Waals surface area contributed by atoms with Crippen molar-refractivity contribution in [3.63, 3.8) is 0 Å². The van der Waals surface area contributed by atoms with Crippen molar-refractivity contribution in [2.45, 2.75) is 45.8 Å². The zero-order valence-electron chi connectivity index (χ0n) is 18.1. The van der Waals surface area contributed by atoms with Gasteiger partial charge in [0, 0.05) is 19.6 Å². The van der Waals surface area contributed by atoms with E-state index < -0.39 is 5.60 Å². The molecule has 30 heavy (non-hydrogen) atoms. The number of amides is 1. The molecule has 0 aromatic heterocycles. The number of nitrogens with one attached hydrogen (secondary N) is 1. The van der Waals surface area contributed by atoms with Gasteiger partial charge in [0.25, 0.3) is 0 Å². The van der Waals surface area contributed by atoms with E-state index in [9.17, 15) is 10.1 Å². The van der Waals surface area contributed by atoms with Crippen LogP contribution in [-0.4, -0.2) is 36.2 Å². The molecule has 1 aliphatic rings. The van der Waals surface area contributed by atoms with Gasteiger partial charge in [-0.15, -0.1) is 0 Å². The van der Waals surface area contributed by atoms with Crippen LogP contribution in [0.3, 0.4) is 0 Å². The number of rotatable bonds is 5. The molecule has 5 nitrogen and oxygen atoms in total. The Bertz CT molecular complexity index is 894. The van der Waals surface area contributed by atoms with Crippen molar-refractivity contribution < 1.29 is 9.53 Å². The van der Waals surface area contributed by atoms with E-state index in [0.29, 0.717) is 18.0 Å². The first-order valence-corrected chi connectivity index (χ1v) is 10.6. The predicted octanol–water partition coefficient (Wildman–Crippen LogP) is 4.96. The van der Waals surface area contributed by atoms with Crippen LogP contribution in [0.2, 0.25) is 0 Å². The summed E-state index contributed by atoms with van der Waals surface area (Å²) in [4.78, 5) is 14.3. The zero-order valence-corrected chi connectivity index (χ0v) is 18.1. The molecule has 2 aromatic rings. The van der Waals surface area contributed by atoms with Gasteiger partial charge in [-0.2, -0.15) is 5.26 Å². The lowest BCUT2D eigenvalue weighted by molar-refractivity contribution is 0.0506. The van der Waals surface area contributed by atoms with Crippen molar-refractivity contribution in [1.82, 2.24) is 10.2 Å². The van der Waals surface area contributed by atoms with Gasteiger partial charge >= 0.3 is 6.09 Å². The highest BCUT2D eigenvalue weighted by atomic mass is 16.6. The molecule has 1 amide bonds. The monoisotopic (exact) mass is 405 g/mol. The predicted molar refractivity (Wildman–Crippen MR) is 119 cm³/mol. The number of hydrogen-bond donors (Lipinski definition) is 1. The van der Waals surface area contributed by atoms with Gasteiger partial charge in [-0.1, -0.05) is 42.5 Å². The summed E-state index contributed by atoms with van der Waals surface area (Å²) >= 11 is 0. The molecule has 1 aliphatic heterocycles. The van der Waals surface area contributed by atoms with Gasteiger partial charge < -0.3 is 10.1 Å². The van der Waals surface area contributed by atoms with E-state index >= 15 is 0 Å². The average molecular weight is 406 g/mol. The van der Waals surface area contributed by atoms with Crippen molar-refractivity contribution in [3.05, 3.63) is 59.7 Å². The van der Waals surface area contributed by atoms with Crippen molar-refractivity contribution in [2.24, 2.45) is 5.92 Å². The number of ether oxygens (including phenoxy) is 1. The van der Waals surface area contributed by atoms with Crippen LogP contribution in [0.5, 0.6) is 0 Å². The summed E-state index contributed by atoms with van der Waals surface area (Å²) in [5.41, 5.74) is 3.52. The van der Waals surface area contributed by atoms with Crippen LogP contribution in [0.15, 0.2) is 48.5 Å². The number of likely N-dealkylation sites (tertiary alicyclic amines) is 1. The molecule has 0 radical (unpaired) electrons. The van der Waals surface area contributed by atoms with Crippen LogP contribution in [-0.2, 0) is 11.3 Å². The molecule has 0 bridgehead atoms. The fourth-order valence-electron chi connectivity index (χ4n) is 3.88. The van der Waals surface area contributed by atoms with Crippen LogP contribution in [0, 0.1) is 17.2 Å². The highest BCUT2D eigenvalue weighted by Crippen LogP contribution is 2.24. The van der Waals surface area contributed by atoms with E-state index in [1.165, 1.54) is 5.56 Å². The Labute approximate surface area is 179 Å². The standard InChI is InChI=1S/C25H31N3O2/c1-25(2,3)30-24(29)27-16-20-7-6-14-28(18-20)17-19-10-12-21(13-11-19)23-9-5-4-8-22(23)15-26/h4-5,8-13,20H,6-7,14,16-18H2,1-3H3,(H,27,29). The SMILES string of the molecule is CC(C)(C)OC(=O)NCC1CCCN(Cc2ccc(-c3ccccc3C#N)cc2)C1. The van der Waals surface area contributed by atoms with E-state index in [0.717, 1.165) is 43.6 Å². The zero-order chi connectivity index (χ0) is 21.6. The van der Waals surface area contributed by atoms with E-state index in [1.807, 2.05) is 45.0 Å². The lowest BCUT2D eigenvalue weighted by Crippen LogP contribution is -2.41. The van der Waals surface area contributed by atoms with Crippen LogP contribution >= 0.6 is 0 Å². The molecule has 158 valence electrons. The summed E-state index contributed by atoms with van der Waals surface area (Å²) < 4.78 is 5.33. The summed E-state index contributed by atoms with van der Waals surface area (Å²) in [7, 11) is 0. The van der Waals surface area contributed by atoms with Crippen LogP contribution in [0.1, 0.15) is 44.7 Å². The molecule has 0 saturated carbocycles. The number of hydrogen-bond acceptors (Lipinski definition) is 4. The van der Waals surface area contributed by atoms with Gasteiger partial charge in [-0.25, -0.2) is 4.79 Å². The van der Waals surface area contributed by atoms with E-state index in [4.69, 9.17) is 4.74 Å². The largest absolute Gasteiger partial charge is 0.444 e. The first kappa shape index (κ1) is 21.9. The number of nitrogens with zero attached hydrogens (tertiary/aromatic N) is 2. The van der Waals surface area contributed by atoms with Gasteiger partial charge in [0.1, 0.15) is 5.60 Å². The second-order valence-corrected chi connectivity index (χ2v) is 8.98. The first-order chi connectivity index (χ1) is 14.3. The van der Waals surface area contributed by atoms with Gasteiger partial charge in [0.05, 0.1) is 11.6 Å². The number of carbonyl (C=O) groups is 1. The third-order valence-electron chi connectivity index (χ3n) is 5.26. The van der Waals surface area contributed by atoms with Gasteiger partial charge in [-0.05, 0) is 68.8 Å². The van der Waals surface area contributed by atoms with E-state index in [1.54, 1.807) is 0 Å². The van der Waals surface area contributed by atoms with E-state index in [2.05, 4.69) is 40.6 Å². The minimum atomic E-state index is -0.470. The van der Waals surface area contributed by atoms with Crippen LogP contribution in [0.4, 0.5) is 4.79 Å². The normalized spacial score (nSPS) is 17.2. The molecule has 1 N–H and O–H groups in total. The molecule has 0 aliphatic carbocycles. The molecular weight excluding hydrogens is 374 g/mol. The Kier molecular flexibility index (Phi) is 7.12. The molecule has 2 aromatic carbocycles. The lowest BCUT2D eigenvalue weighted by atomic mass is 9.96. The molecule has 1 unspecified atom stereocenters.